The Labute approximate surface area is 94.5 Å². The molecule has 0 radical (unpaired) electrons. The summed E-state index contributed by atoms with van der Waals surface area (Å²) < 4.78 is 11.1. The fourth-order valence-corrected chi connectivity index (χ4v) is 5.07. The first-order chi connectivity index (χ1) is 7.36. The molecule has 2 nitrogen and oxygen atoms in total. The molecule has 2 aliphatic carbocycles. The second-order valence-electron chi connectivity index (χ2n) is 4.69. The Morgan fingerprint density at radius 1 is 1.00 bits per heavy atom. The maximum atomic E-state index is 5.53. The lowest BCUT2D eigenvalue weighted by Crippen LogP contribution is -2.23. The average Bonchev–Trinajstić information content (AvgIpc) is 2.88. The van der Waals surface area contributed by atoms with Crippen molar-refractivity contribution < 1.29 is 8.85 Å². The van der Waals surface area contributed by atoms with Crippen molar-refractivity contribution in [2.75, 3.05) is 14.2 Å². The number of hydrogen-bond donors (Lipinski definition) is 0. The zero-order valence-corrected chi connectivity index (χ0v) is 11.1. The van der Waals surface area contributed by atoms with E-state index in [1.54, 1.807) is 25.0 Å². The van der Waals surface area contributed by atoms with E-state index in [4.69, 9.17) is 8.85 Å². The van der Waals surface area contributed by atoms with Crippen LogP contribution >= 0.6 is 0 Å². The minimum absolute atomic E-state index is 0.878. The summed E-state index contributed by atoms with van der Waals surface area (Å²) in [7, 11) is 2.13. The summed E-state index contributed by atoms with van der Waals surface area (Å²) >= 11 is 0. The van der Waals surface area contributed by atoms with Crippen LogP contribution in [0.4, 0.5) is 0 Å². The first kappa shape index (κ1) is 11.4. The molecule has 2 aliphatic rings. The van der Waals surface area contributed by atoms with E-state index in [9.17, 15) is 0 Å². The highest BCUT2D eigenvalue weighted by Gasteiger charge is 2.30. The van der Waals surface area contributed by atoms with E-state index in [1.165, 1.54) is 44.9 Å². The Kier molecular flexibility index (Phi) is 4.00. The molecule has 0 bridgehead atoms. The first-order valence-corrected chi connectivity index (χ1v) is 7.66. The highest BCUT2D eigenvalue weighted by Crippen LogP contribution is 2.40. The molecule has 1 fully saturated rings. The molecule has 0 unspecified atom stereocenters. The summed E-state index contributed by atoms with van der Waals surface area (Å²) in [5.41, 5.74) is 1.73. The molecular weight excluding hydrogens is 204 g/mol. The van der Waals surface area contributed by atoms with Gasteiger partial charge in [-0.1, -0.05) is 18.4 Å². The Bertz CT molecular complexity index is 228. The molecule has 0 saturated heterocycles. The topological polar surface area (TPSA) is 18.5 Å². The van der Waals surface area contributed by atoms with Gasteiger partial charge >= 0.3 is 9.28 Å². The minimum atomic E-state index is -1.48. The summed E-state index contributed by atoms with van der Waals surface area (Å²) in [6.45, 7) is 0. The van der Waals surface area contributed by atoms with Crippen LogP contribution in [0.2, 0.25) is 0 Å². The molecule has 0 N–H and O–H groups in total. The second kappa shape index (κ2) is 5.28. The van der Waals surface area contributed by atoms with Crippen LogP contribution in [0, 0.1) is 5.92 Å². The smallest absolute Gasteiger partial charge is 0.351 e. The Hall–Kier alpha value is -0.123. The summed E-state index contributed by atoms with van der Waals surface area (Å²) in [6.07, 6.45) is 9.56. The normalized spacial score (nSPS) is 23.4. The molecule has 3 heteroatoms. The van der Waals surface area contributed by atoms with Crippen molar-refractivity contribution in [3.8, 4) is 0 Å². The molecule has 15 heavy (non-hydrogen) atoms. The van der Waals surface area contributed by atoms with Crippen LogP contribution in [0.25, 0.3) is 0 Å². The van der Waals surface area contributed by atoms with Gasteiger partial charge in [0.15, 0.2) is 0 Å². The van der Waals surface area contributed by atoms with Crippen molar-refractivity contribution in [2.24, 2.45) is 5.92 Å². The lowest BCUT2D eigenvalue weighted by molar-refractivity contribution is 0.285. The van der Waals surface area contributed by atoms with Gasteiger partial charge in [-0.2, -0.15) is 0 Å². The zero-order valence-electron chi connectivity index (χ0n) is 9.92. The number of hydrogen-bond acceptors (Lipinski definition) is 2. The van der Waals surface area contributed by atoms with E-state index in [0.29, 0.717) is 0 Å². The van der Waals surface area contributed by atoms with E-state index < -0.39 is 9.28 Å². The highest BCUT2D eigenvalue weighted by atomic mass is 28.3. The lowest BCUT2D eigenvalue weighted by atomic mass is 9.97. The van der Waals surface area contributed by atoms with Crippen LogP contribution in [-0.4, -0.2) is 23.5 Å². The van der Waals surface area contributed by atoms with Crippen molar-refractivity contribution >= 4 is 9.28 Å². The Morgan fingerprint density at radius 2 is 1.67 bits per heavy atom. The van der Waals surface area contributed by atoms with Gasteiger partial charge in [0.25, 0.3) is 0 Å². The summed E-state index contributed by atoms with van der Waals surface area (Å²) in [5.74, 6) is 0.878. The van der Waals surface area contributed by atoms with Gasteiger partial charge in [0.2, 0.25) is 0 Å². The van der Waals surface area contributed by atoms with Crippen molar-refractivity contribution in [1.29, 1.82) is 0 Å². The van der Waals surface area contributed by atoms with Gasteiger partial charge in [-0.3, -0.25) is 0 Å². The largest absolute Gasteiger partial charge is 0.397 e. The third kappa shape index (κ3) is 2.35. The molecule has 0 aromatic heterocycles. The fourth-order valence-electron chi connectivity index (χ4n) is 3.18. The number of allylic oxidation sites excluding steroid dienone is 2. The van der Waals surface area contributed by atoms with Gasteiger partial charge < -0.3 is 8.85 Å². The van der Waals surface area contributed by atoms with E-state index in [1.807, 2.05) is 0 Å². The molecule has 0 amide bonds. The summed E-state index contributed by atoms with van der Waals surface area (Å²) in [6, 6.07) is 0. The van der Waals surface area contributed by atoms with Crippen molar-refractivity contribution in [3.05, 3.63) is 10.8 Å². The monoisotopic (exact) mass is 226 g/mol. The van der Waals surface area contributed by atoms with Gasteiger partial charge in [-0.05, 0) is 43.2 Å². The molecular formula is C12H22O2Si. The summed E-state index contributed by atoms with van der Waals surface area (Å²) in [5, 5.41) is 1.59. The van der Waals surface area contributed by atoms with Crippen LogP contribution < -0.4 is 0 Å². The van der Waals surface area contributed by atoms with Crippen LogP contribution in [0.15, 0.2) is 10.8 Å². The van der Waals surface area contributed by atoms with E-state index in [2.05, 4.69) is 0 Å². The van der Waals surface area contributed by atoms with E-state index >= 15 is 0 Å². The quantitative estimate of drug-likeness (QED) is 0.686. The van der Waals surface area contributed by atoms with Gasteiger partial charge in [0.1, 0.15) is 0 Å². The van der Waals surface area contributed by atoms with Gasteiger partial charge in [0, 0.05) is 14.2 Å². The van der Waals surface area contributed by atoms with Gasteiger partial charge in [0.05, 0.1) is 0 Å². The molecule has 0 spiro atoms. The van der Waals surface area contributed by atoms with E-state index in [-0.39, 0.29) is 0 Å². The molecule has 2 rings (SSSR count). The third-order valence-corrected chi connectivity index (χ3v) is 5.95. The highest BCUT2D eigenvalue weighted by molar-refractivity contribution is 6.53. The fraction of sp³-hybridized carbons (Fsp3) is 0.833. The zero-order chi connectivity index (χ0) is 10.7. The van der Waals surface area contributed by atoms with Crippen molar-refractivity contribution in [3.63, 3.8) is 0 Å². The Balaban J connectivity index is 2.13. The Morgan fingerprint density at radius 3 is 2.27 bits per heavy atom. The molecule has 0 aromatic rings. The molecule has 86 valence electrons. The third-order valence-electron chi connectivity index (χ3n) is 3.87. The average molecular weight is 226 g/mol. The van der Waals surface area contributed by atoms with Crippen LogP contribution in [0.5, 0.6) is 0 Å². The molecule has 0 aromatic carbocycles. The molecule has 1 saturated carbocycles. The van der Waals surface area contributed by atoms with E-state index in [0.717, 1.165) is 5.92 Å². The standard InChI is InChI=1S/C12H22O2Si/c1-13-15(14-2)12-9-5-8-11(12)10-6-3-4-7-10/h10,15H,3-9H2,1-2H3. The van der Waals surface area contributed by atoms with Gasteiger partial charge in [-0.25, -0.2) is 0 Å². The molecule has 0 aliphatic heterocycles. The maximum Gasteiger partial charge on any atom is 0.351 e. The lowest BCUT2D eigenvalue weighted by Gasteiger charge is -2.18. The molecule has 0 heterocycles. The van der Waals surface area contributed by atoms with Crippen LogP contribution in [-0.2, 0) is 8.85 Å². The summed E-state index contributed by atoms with van der Waals surface area (Å²) in [4.78, 5) is 0. The SMILES string of the molecule is CO[SiH](OC)C1=C(C2CCCC2)CCC1. The van der Waals surface area contributed by atoms with Crippen LogP contribution in [0.1, 0.15) is 44.9 Å². The maximum absolute atomic E-state index is 5.53. The van der Waals surface area contributed by atoms with Crippen molar-refractivity contribution in [1.82, 2.24) is 0 Å². The number of rotatable bonds is 4. The van der Waals surface area contributed by atoms with Gasteiger partial charge in [-0.15, -0.1) is 0 Å². The molecule has 0 atom stereocenters. The predicted molar refractivity (Wildman–Crippen MR) is 64.0 cm³/mol. The van der Waals surface area contributed by atoms with Crippen molar-refractivity contribution in [2.45, 2.75) is 44.9 Å². The van der Waals surface area contributed by atoms with Crippen LogP contribution in [0.3, 0.4) is 0 Å². The second-order valence-corrected chi connectivity index (χ2v) is 6.99. The predicted octanol–water partition coefficient (Wildman–Crippen LogP) is 2.71. The minimum Gasteiger partial charge on any atom is -0.397 e. The first-order valence-electron chi connectivity index (χ1n) is 6.14.